The smallest absolute Gasteiger partial charge is 0.410 e. The van der Waals surface area contributed by atoms with Gasteiger partial charge >= 0.3 is 6.09 Å². The molecule has 0 aromatic heterocycles. The van der Waals surface area contributed by atoms with E-state index in [2.05, 4.69) is 6.92 Å². The van der Waals surface area contributed by atoms with Gasteiger partial charge in [0.2, 0.25) is 0 Å². The maximum absolute atomic E-state index is 11.9. The summed E-state index contributed by atoms with van der Waals surface area (Å²) in [7, 11) is 0. The van der Waals surface area contributed by atoms with E-state index >= 15 is 0 Å². The molecule has 3 heteroatoms. The van der Waals surface area contributed by atoms with E-state index in [1.54, 1.807) is 0 Å². The van der Waals surface area contributed by atoms with Crippen LogP contribution in [-0.2, 0) is 4.74 Å². The Hall–Kier alpha value is -0.730. The molecule has 0 radical (unpaired) electrons. The Morgan fingerprint density at radius 2 is 1.40 bits per heavy atom. The van der Waals surface area contributed by atoms with Gasteiger partial charge in [-0.1, -0.05) is 51.9 Å². The zero-order chi connectivity index (χ0) is 15.4. The normalized spacial score (nSPS) is 11.4. The molecule has 20 heavy (non-hydrogen) atoms. The Balaban J connectivity index is 3.67. The van der Waals surface area contributed by atoms with Crippen molar-refractivity contribution in [3.63, 3.8) is 0 Å². The van der Waals surface area contributed by atoms with Gasteiger partial charge in [-0.15, -0.1) is 0 Å². The molecule has 0 atom stereocenters. The van der Waals surface area contributed by atoms with Crippen molar-refractivity contribution in [1.29, 1.82) is 0 Å². The van der Waals surface area contributed by atoms with Crippen molar-refractivity contribution in [2.24, 2.45) is 0 Å². The summed E-state index contributed by atoms with van der Waals surface area (Å²) in [6.45, 7) is 11.5. The van der Waals surface area contributed by atoms with Crippen LogP contribution in [0.3, 0.4) is 0 Å². The minimum atomic E-state index is -0.399. The Morgan fingerprint density at radius 3 is 1.85 bits per heavy atom. The van der Waals surface area contributed by atoms with E-state index in [9.17, 15) is 4.79 Å². The van der Waals surface area contributed by atoms with Crippen molar-refractivity contribution in [1.82, 2.24) is 4.90 Å². The number of hydrogen-bond donors (Lipinski definition) is 0. The number of ether oxygens (including phenoxy) is 1. The van der Waals surface area contributed by atoms with Gasteiger partial charge in [0.1, 0.15) is 5.60 Å². The standard InChI is InChI=1S/C17H35NO2/c1-6-8-9-10-11-12-13-14-15-18(7-2)16(19)20-17(3,4)5/h6-15H2,1-5H3. The van der Waals surface area contributed by atoms with E-state index < -0.39 is 5.60 Å². The first-order valence-electron chi connectivity index (χ1n) is 8.38. The minimum Gasteiger partial charge on any atom is -0.444 e. The predicted molar refractivity (Wildman–Crippen MR) is 86.1 cm³/mol. The Morgan fingerprint density at radius 1 is 0.900 bits per heavy atom. The first-order chi connectivity index (χ1) is 9.40. The fourth-order valence-corrected chi connectivity index (χ4v) is 2.14. The highest BCUT2D eigenvalue weighted by atomic mass is 16.6. The van der Waals surface area contributed by atoms with Crippen LogP contribution in [0, 0.1) is 0 Å². The maximum atomic E-state index is 11.9. The lowest BCUT2D eigenvalue weighted by Gasteiger charge is -2.26. The molecule has 0 unspecified atom stereocenters. The first kappa shape index (κ1) is 19.3. The summed E-state index contributed by atoms with van der Waals surface area (Å²) < 4.78 is 5.40. The van der Waals surface area contributed by atoms with E-state index in [0.717, 1.165) is 19.5 Å². The molecule has 0 heterocycles. The van der Waals surface area contributed by atoms with Crippen molar-refractivity contribution in [3.8, 4) is 0 Å². The molecule has 1 amide bonds. The zero-order valence-corrected chi connectivity index (χ0v) is 14.3. The van der Waals surface area contributed by atoms with Gasteiger partial charge in [0.05, 0.1) is 0 Å². The molecule has 0 rings (SSSR count). The molecule has 0 N–H and O–H groups in total. The molecule has 0 aromatic rings. The zero-order valence-electron chi connectivity index (χ0n) is 14.3. The van der Waals surface area contributed by atoms with Crippen LogP contribution in [0.15, 0.2) is 0 Å². The number of hydrogen-bond acceptors (Lipinski definition) is 2. The predicted octanol–water partition coefficient (Wildman–Crippen LogP) is 5.38. The van der Waals surface area contributed by atoms with Crippen LogP contribution in [0.1, 0.15) is 86.0 Å². The fourth-order valence-electron chi connectivity index (χ4n) is 2.14. The summed E-state index contributed by atoms with van der Waals surface area (Å²) >= 11 is 0. The monoisotopic (exact) mass is 285 g/mol. The second-order valence-corrected chi connectivity index (χ2v) is 6.53. The molecule has 0 fully saturated rings. The van der Waals surface area contributed by atoms with Crippen molar-refractivity contribution < 1.29 is 9.53 Å². The lowest BCUT2D eigenvalue weighted by atomic mass is 10.1. The molecule has 0 saturated carbocycles. The van der Waals surface area contributed by atoms with Crippen LogP contribution in [0.5, 0.6) is 0 Å². The Labute approximate surface area is 126 Å². The highest BCUT2D eigenvalue weighted by Crippen LogP contribution is 2.12. The van der Waals surface area contributed by atoms with E-state index in [-0.39, 0.29) is 6.09 Å². The average Bonchev–Trinajstić information content (AvgIpc) is 2.35. The summed E-state index contributed by atoms with van der Waals surface area (Å²) in [5.41, 5.74) is -0.399. The van der Waals surface area contributed by atoms with Gasteiger partial charge in [0, 0.05) is 13.1 Å². The largest absolute Gasteiger partial charge is 0.444 e. The van der Waals surface area contributed by atoms with Gasteiger partial charge in [-0.05, 0) is 34.1 Å². The summed E-state index contributed by atoms with van der Waals surface area (Å²) in [5, 5.41) is 0. The first-order valence-corrected chi connectivity index (χ1v) is 8.38. The van der Waals surface area contributed by atoms with E-state index in [4.69, 9.17) is 4.74 Å². The number of carbonyl (C=O) groups is 1. The van der Waals surface area contributed by atoms with E-state index in [1.807, 2.05) is 32.6 Å². The van der Waals surface area contributed by atoms with Crippen molar-refractivity contribution >= 4 is 6.09 Å². The van der Waals surface area contributed by atoms with Crippen LogP contribution in [0.4, 0.5) is 4.79 Å². The number of rotatable bonds is 10. The summed E-state index contributed by atoms with van der Waals surface area (Å²) in [5.74, 6) is 0. The maximum Gasteiger partial charge on any atom is 0.410 e. The van der Waals surface area contributed by atoms with Gasteiger partial charge in [0.15, 0.2) is 0 Å². The lowest BCUT2D eigenvalue weighted by molar-refractivity contribution is 0.0257. The van der Waals surface area contributed by atoms with Crippen LogP contribution >= 0.6 is 0 Å². The van der Waals surface area contributed by atoms with Crippen LogP contribution in [-0.4, -0.2) is 29.7 Å². The van der Waals surface area contributed by atoms with Gasteiger partial charge in [-0.25, -0.2) is 4.79 Å². The number of nitrogens with zero attached hydrogens (tertiary/aromatic N) is 1. The SMILES string of the molecule is CCCCCCCCCCN(CC)C(=O)OC(C)(C)C. The number of unbranched alkanes of at least 4 members (excludes halogenated alkanes) is 7. The molecular weight excluding hydrogens is 250 g/mol. The van der Waals surface area contributed by atoms with E-state index in [1.165, 1.54) is 44.9 Å². The van der Waals surface area contributed by atoms with Crippen LogP contribution in [0.25, 0.3) is 0 Å². The van der Waals surface area contributed by atoms with Crippen molar-refractivity contribution in [2.75, 3.05) is 13.1 Å². The van der Waals surface area contributed by atoms with Crippen molar-refractivity contribution in [2.45, 2.75) is 91.6 Å². The molecule has 0 aliphatic heterocycles. The van der Waals surface area contributed by atoms with Gasteiger partial charge in [0.25, 0.3) is 0 Å². The molecule has 0 bridgehead atoms. The summed E-state index contributed by atoms with van der Waals surface area (Å²) in [4.78, 5) is 13.7. The summed E-state index contributed by atoms with van der Waals surface area (Å²) in [6.07, 6.45) is 10.1. The fraction of sp³-hybridized carbons (Fsp3) is 0.941. The number of amides is 1. The third kappa shape index (κ3) is 11.1. The minimum absolute atomic E-state index is 0.178. The topological polar surface area (TPSA) is 29.5 Å². The highest BCUT2D eigenvalue weighted by molar-refractivity contribution is 5.68. The molecule has 0 aliphatic carbocycles. The molecule has 120 valence electrons. The van der Waals surface area contributed by atoms with Crippen LogP contribution < -0.4 is 0 Å². The Kier molecular flexibility index (Phi) is 10.6. The molecule has 0 aromatic carbocycles. The third-order valence-corrected chi connectivity index (χ3v) is 3.32. The van der Waals surface area contributed by atoms with Crippen molar-refractivity contribution in [3.05, 3.63) is 0 Å². The average molecular weight is 285 g/mol. The third-order valence-electron chi connectivity index (χ3n) is 3.32. The van der Waals surface area contributed by atoms with E-state index in [0.29, 0.717) is 0 Å². The second-order valence-electron chi connectivity index (χ2n) is 6.53. The van der Waals surface area contributed by atoms with Gasteiger partial charge in [-0.2, -0.15) is 0 Å². The summed E-state index contributed by atoms with van der Waals surface area (Å²) in [6, 6.07) is 0. The second kappa shape index (κ2) is 11.0. The lowest BCUT2D eigenvalue weighted by Crippen LogP contribution is -2.37. The highest BCUT2D eigenvalue weighted by Gasteiger charge is 2.20. The van der Waals surface area contributed by atoms with Gasteiger partial charge < -0.3 is 9.64 Å². The van der Waals surface area contributed by atoms with Crippen LogP contribution in [0.2, 0.25) is 0 Å². The molecular formula is C17H35NO2. The number of carbonyl (C=O) groups excluding carboxylic acids is 1. The molecule has 0 saturated heterocycles. The Bertz CT molecular complexity index is 246. The van der Waals surface area contributed by atoms with Gasteiger partial charge in [-0.3, -0.25) is 0 Å². The molecule has 3 nitrogen and oxygen atoms in total. The quantitative estimate of drug-likeness (QED) is 0.504. The molecule has 0 aliphatic rings. The molecule has 0 spiro atoms.